The molecule has 0 aliphatic rings. The summed E-state index contributed by atoms with van der Waals surface area (Å²) < 4.78 is 17.7. The molecule has 0 fully saturated rings. The van der Waals surface area contributed by atoms with E-state index in [9.17, 15) is 14.0 Å². The summed E-state index contributed by atoms with van der Waals surface area (Å²) in [5, 5.41) is 2.48. The Bertz CT molecular complexity index is 709. The lowest BCUT2D eigenvalue weighted by Crippen LogP contribution is -2.17. The minimum Gasteiger partial charge on any atom is -0.465 e. The monoisotopic (exact) mass is 309 g/mol. The van der Waals surface area contributed by atoms with E-state index in [2.05, 4.69) is 20.0 Å². The number of carbonyl (C=O) groups is 2. The zero-order valence-electron chi connectivity index (χ0n) is 10.8. The SMILES string of the molecule is COC(=O)c1cc(F)ccc1NC(=O)c1cncc(Cl)n1. The van der Waals surface area contributed by atoms with Gasteiger partial charge in [-0.05, 0) is 18.2 Å². The van der Waals surface area contributed by atoms with Gasteiger partial charge < -0.3 is 10.1 Å². The molecule has 0 aliphatic carbocycles. The standard InChI is InChI=1S/C13H9ClFN3O3/c1-21-13(20)8-4-7(15)2-3-9(8)18-12(19)10-5-16-6-11(14)17-10/h2-6H,1H3,(H,18,19). The fourth-order valence-corrected chi connectivity index (χ4v) is 1.69. The predicted molar refractivity (Wildman–Crippen MR) is 72.7 cm³/mol. The van der Waals surface area contributed by atoms with Crippen LogP contribution < -0.4 is 5.32 Å². The average molecular weight is 310 g/mol. The Morgan fingerprint density at radius 3 is 2.76 bits per heavy atom. The normalized spacial score (nSPS) is 10.0. The summed E-state index contributed by atoms with van der Waals surface area (Å²) in [6, 6.07) is 3.31. The number of halogens is 2. The Kier molecular flexibility index (Phi) is 4.44. The lowest BCUT2D eigenvalue weighted by atomic mass is 10.1. The number of carbonyl (C=O) groups excluding carboxylic acids is 2. The van der Waals surface area contributed by atoms with Gasteiger partial charge in [0.1, 0.15) is 16.7 Å². The highest BCUT2D eigenvalue weighted by atomic mass is 35.5. The van der Waals surface area contributed by atoms with Crippen molar-refractivity contribution >= 4 is 29.2 Å². The van der Waals surface area contributed by atoms with E-state index in [4.69, 9.17) is 11.6 Å². The van der Waals surface area contributed by atoms with Crippen molar-refractivity contribution in [3.8, 4) is 0 Å². The number of nitrogens with one attached hydrogen (secondary N) is 1. The summed E-state index contributed by atoms with van der Waals surface area (Å²) in [5.74, 6) is -2.04. The third-order valence-corrected chi connectivity index (χ3v) is 2.66. The van der Waals surface area contributed by atoms with Gasteiger partial charge in [0, 0.05) is 0 Å². The largest absolute Gasteiger partial charge is 0.465 e. The summed E-state index contributed by atoms with van der Waals surface area (Å²) in [6.45, 7) is 0. The Morgan fingerprint density at radius 1 is 1.33 bits per heavy atom. The van der Waals surface area contributed by atoms with Gasteiger partial charge in [0.2, 0.25) is 0 Å². The van der Waals surface area contributed by atoms with Crippen LogP contribution in [0.3, 0.4) is 0 Å². The molecule has 6 nitrogen and oxygen atoms in total. The fourth-order valence-electron chi connectivity index (χ4n) is 1.54. The maximum atomic E-state index is 13.2. The molecule has 0 saturated carbocycles. The molecule has 0 radical (unpaired) electrons. The second-order valence-electron chi connectivity index (χ2n) is 3.86. The summed E-state index contributed by atoms with van der Waals surface area (Å²) in [7, 11) is 1.15. The van der Waals surface area contributed by atoms with Crippen LogP contribution in [-0.4, -0.2) is 29.0 Å². The van der Waals surface area contributed by atoms with E-state index in [-0.39, 0.29) is 22.1 Å². The Balaban J connectivity index is 2.31. The van der Waals surface area contributed by atoms with Gasteiger partial charge in [-0.15, -0.1) is 0 Å². The highest BCUT2D eigenvalue weighted by Gasteiger charge is 2.16. The van der Waals surface area contributed by atoms with Crippen LogP contribution in [-0.2, 0) is 4.74 Å². The quantitative estimate of drug-likeness (QED) is 0.880. The number of rotatable bonds is 3. The van der Waals surface area contributed by atoms with E-state index >= 15 is 0 Å². The van der Waals surface area contributed by atoms with Gasteiger partial charge in [0.25, 0.3) is 5.91 Å². The molecule has 0 saturated heterocycles. The van der Waals surface area contributed by atoms with E-state index in [1.165, 1.54) is 18.5 Å². The van der Waals surface area contributed by atoms with Gasteiger partial charge >= 0.3 is 5.97 Å². The van der Waals surface area contributed by atoms with E-state index in [1.807, 2.05) is 0 Å². The molecule has 0 spiro atoms. The van der Waals surface area contributed by atoms with Crippen molar-refractivity contribution in [1.29, 1.82) is 0 Å². The van der Waals surface area contributed by atoms with Crippen LogP contribution in [0, 0.1) is 5.82 Å². The molecule has 0 atom stereocenters. The van der Waals surface area contributed by atoms with Gasteiger partial charge in [0.05, 0.1) is 30.8 Å². The zero-order valence-corrected chi connectivity index (χ0v) is 11.5. The molecule has 1 aromatic heterocycles. The predicted octanol–water partition coefficient (Wildman–Crippen LogP) is 2.31. The van der Waals surface area contributed by atoms with Crippen molar-refractivity contribution in [2.24, 2.45) is 0 Å². The van der Waals surface area contributed by atoms with Crippen LogP contribution in [0.25, 0.3) is 0 Å². The smallest absolute Gasteiger partial charge is 0.340 e. The fraction of sp³-hybridized carbons (Fsp3) is 0.0769. The van der Waals surface area contributed by atoms with Crippen LogP contribution in [0.15, 0.2) is 30.6 Å². The van der Waals surface area contributed by atoms with Crippen molar-refractivity contribution in [1.82, 2.24) is 9.97 Å². The highest BCUT2D eigenvalue weighted by molar-refractivity contribution is 6.29. The van der Waals surface area contributed by atoms with Crippen molar-refractivity contribution in [2.75, 3.05) is 12.4 Å². The van der Waals surface area contributed by atoms with Crippen LogP contribution in [0.2, 0.25) is 5.15 Å². The number of aromatic nitrogens is 2. The molecule has 2 aromatic rings. The molecule has 2 rings (SSSR count). The minimum atomic E-state index is -0.776. The molecule has 1 aromatic carbocycles. The topological polar surface area (TPSA) is 81.2 Å². The molecular weight excluding hydrogens is 301 g/mol. The molecule has 1 amide bonds. The Labute approximate surface area is 123 Å². The number of methoxy groups -OCH3 is 1. The maximum absolute atomic E-state index is 13.2. The van der Waals surface area contributed by atoms with Crippen molar-refractivity contribution in [3.63, 3.8) is 0 Å². The Morgan fingerprint density at radius 2 is 2.10 bits per heavy atom. The van der Waals surface area contributed by atoms with E-state index in [1.54, 1.807) is 0 Å². The first-order valence-corrected chi connectivity index (χ1v) is 6.06. The number of amides is 1. The summed E-state index contributed by atoms with van der Waals surface area (Å²) >= 11 is 5.64. The van der Waals surface area contributed by atoms with Crippen LogP contribution in [0.1, 0.15) is 20.8 Å². The third kappa shape index (κ3) is 3.51. The molecule has 0 aliphatic heterocycles. The number of ether oxygens (including phenoxy) is 1. The second-order valence-corrected chi connectivity index (χ2v) is 4.25. The average Bonchev–Trinajstić information content (AvgIpc) is 2.48. The first-order valence-electron chi connectivity index (χ1n) is 5.68. The molecule has 0 unspecified atom stereocenters. The van der Waals surface area contributed by atoms with Crippen LogP contribution in [0.4, 0.5) is 10.1 Å². The van der Waals surface area contributed by atoms with Gasteiger partial charge in [-0.3, -0.25) is 9.78 Å². The number of hydrogen-bond acceptors (Lipinski definition) is 5. The number of anilines is 1. The van der Waals surface area contributed by atoms with Gasteiger partial charge in [-0.1, -0.05) is 11.6 Å². The third-order valence-electron chi connectivity index (χ3n) is 2.47. The van der Waals surface area contributed by atoms with E-state index in [0.717, 1.165) is 19.2 Å². The first kappa shape index (κ1) is 14.9. The zero-order chi connectivity index (χ0) is 15.4. The number of esters is 1. The molecule has 8 heteroatoms. The molecular formula is C13H9ClFN3O3. The van der Waals surface area contributed by atoms with Crippen molar-refractivity contribution in [2.45, 2.75) is 0 Å². The number of benzene rings is 1. The van der Waals surface area contributed by atoms with E-state index in [0.29, 0.717) is 0 Å². The summed E-state index contributed by atoms with van der Waals surface area (Å²) in [6.07, 6.45) is 2.48. The number of hydrogen-bond donors (Lipinski definition) is 1. The van der Waals surface area contributed by atoms with E-state index < -0.39 is 17.7 Å². The summed E-state index contributed by atoms with van der Waals surface area (Å²) in [4.78, 5) is 31.1. The first-order chi connectivity index (χ1) is 10.0. The maximum Gasteiger partial charge on any atom is 0.340 e. The van der Waals surface area contributed by atoms with Crippen LogP contribution in [0.5, 0.6) is 0 Å². The second kappa shape index (κ2) is 6.27. The van der Waals surface area contributed by atoms with Crippen LogP contribution >= 0.6 is 11.6 Å². The van der Waals surface area contributed by atoms with Gasteiger partial charge in [-0.25, -0.2) is 14.2 Å². The molecule has 21 heavy (non-hydrogen) atoms. The van der Waals surface area contributed by atoms with Gasteiger partial charge in [0.15, 0.2) is 0 Å². The summed E-state index contributed by atoms with van der Waals surface area (Å²) in [5.41, 5.74) is -0.0569. The lowest BCUT2D eigenvalue weighted by Gasteiger charge is -2.09. The molecule has 108 valence electrons. The van der Waals surface area contributed by atoms with Gasteiger partial charge in [-0.2, -0.15) is 0 Å². The molecule has 0 bridgehead atoms. The molecule has 1 N–H and O–H groups in total. The highest BCUT2D eigenvalue weighted by Crippen LogP contribution is 2.19. The lowest BCUT2D eigenvalue weighted by molar-refractivity contribution is 0.0601. The van der Waals surface area contributed by atoms with Crippen molar-refractivity contribution < 1.29 is 18.7 Å². The minimum absolute atomic E-state index is 0.0392. The number of nitrogens with zero attached hydrogens (tertiary/aromatic N) is 2. The Hall–Kier alpha value is -2.54. The van der Waals surface area contributed by atoms with Crippen molar-refractivity contribution in [3.05, 3.63) is 52.8 Å². The molecule has 1 heterocycles.